The van der Waals surface area contributed by atoms with Crippen LogP contribution in [0.25, 0.3) is 0 Å². The molecule has 0 aliphatic carbocycles. The zero-order chi connectivity index (χ0) is 15.3. The van der Waals surface area contributed by atoms with E-state index in [0.29, 0.717) is 6.54 Å². The lowest BCUT2D eigenvalue weighted by Gasteiger charge is -2.16. The van der Waals surface area contributed by atoms with E-state index < -0.39 is 23.8 Å². The van der Waals surface area contributed by atoms with Gasteiger partial charge in [-0.15, -0.1) is 0 Å². The third kappa shape index (κ3) is 3.87. The van der Waals surface area contributed by atoms with Crippen molar-refractivity contribution in [1.82, 2.24) is 4.90 Å². The Morgan fingerprint density at radius 3 is 2.65 bits per heavy atom. The lowest BCUT2D eigenvalue weighted by Crippen LogP contribution is -2.31. The lowest BCUT2D eigenvalue weighted by atomic mass is 10.1. The van der Waals surface area contributed by atoms with Crippen molar-refractivity contribution in [2.45, 2.75) is 13.3 Å². The van der Waals surface area contributed by atoms with Crippen LogP contribution in [0.1, 0.15) is 17.3 Å². The van der Waals surface area contributed by atoms with E-state index in [-0.39, 0.29) is 16.9 Å². The Kier molecular flexibility index (Phi) is 5.36. The van der Waals surface area contributed by atoms with Gasteiger partial charge in [0.05, 0.1) is 11.5 Å². The Morgan fingerprint density at radius 2 is 2.15 bits per heavy atom. The number of nitrogens with one attached hydrogen (secondary N) is 1. The van der Waals surface area contributed by atoms with Crippen LogP contribution in [0.15, 0.2) is 18.2 Å². The van der Waals surface area contributed by atoms with Crippen molar-refractivity contribution in [2.24, 2.45) is 0 Å². The molecule has 0 spiro atoms. The summed E-state index contributed by atoms with van der Waals surface area (Å²) >= 11 is 0. The monoisotopic (exact) mass is 287 g/mol. The van der Waals surface area contributed by atoms with Crippen molar-refractivity contribution in [3.05, 3.63) is 33.9 Å². The highest BCUT2D eigenvalue weighted by atomic mass is 19.3. The molecule has 1 rings (SSSR count). The molecule has 0 atom stereocenters. The Labute approximate surface area is 114 Å². The summed E-state index contributed by atoms with van der Waals surface area (Å²) in [4.78, 5) is 23.0. The van der Waals surface area contributed by atoms with Crippen LogP contribution in [0.4, 0.5) is 20.2 Å². The highest BCUT2D eigenvalue weighted by Crippen LogP contribution is 2.26. The molecule has 0 aliphatic rings. The fourth-order valence-electron chi connectivity index (χ4n) is 1.67. The van der Waals surface area contributed by atoms with Gasteiger partial charge in [-0.25, -0.2) is 8.78 Å². The smallest absolute Gasteiger partial charge is 0.293 e. The fourth-order valence-corrected chi connectivity index (χ4v) is 1.67. The van der Waals surface area contributed by atoms with Crippen LogP contribution in [-0.2, 0) is 0 Å². The number of nitro benzene ring substituents is 1. The Balaban J connectivity index is 3.05. The molecule has 20 heavy (non-hydrogen) atoms. The minimum absolute atomic E-state index is 0.00139. The maximum atomic E-state index is 12.2. The number of hydrogen-bond donors (Lipinski definition) is 1. The standard InChI is InChI=1S/C12H15F2N3O3/c1-3-15-9-5-4-8(6-10(9)17(19)20)12(18)16(2)7-11(13)14/h4-6,11,15H,3,7H2,1-2H3. The highest BCUT2D eigenvalue weighted by molar-refractivity contribution is 5.95. The summed E-state index contributed by atoms with van der Waals surface area (Å²) < 4.78 is 24.4. The van der Waals surface area contributed by atoms with E-state index in [0.717, 1.165) is 11.0 Å². The molecule has 0 radical (unpaired) electrons. The first-order valence-corrected chi connectivity index (χ1v) is 5.92. The molecule has 1 aromatic rings. The number of carbonyl (C=O) groups is 1. The predicted molar refractivity (Wildman–Crippen MR) is 70.2 cm³/mol. The molecule has 6 nitrogen and oxygen atoms in total. The molecular weight excluding hydrogens is 272 g/mol. The second-order valence-electron chi connectivity index (χ2n) is 4.10. The van der Waals surface area contributed by atoms with E-state index in [4.69, 9.17) is 0 Å². The first-order chi connectivity index (χ1) is 9.36. The fraction of sp³-hybridized carbons (Fsp3) is 0.417. The van der Waals surface area contributed by atoms with Crippen molar-refractivity contribution in [2.75, 3.05) is 25.5 Å². The second kappa shape index (κ2) is 6.78. The molecular formula is C12H15F2N3O3. The van der Waals surface area contributed by atoms with Crippen molar-refractivity contribution < 1.29 is 18.5 Å². The van der Waals surface area contributed by atoms with Crippen LogP contribution < -0.4 is 5.32 Å². The van der Waals surface area contributed by atoms with E-state index >= 15 is 0 Å². The maximum Gasteiger partial charge on any atom is 0.293 e. The van der Waals surface area contributed by atoms with Crippen molar-refractivity contribution in [1.29, 1.82) is 0 Å². The van der Waals surface area contributed by atoms with Gasteiger partial charge in [0.15, 0.2) is 0 Å². The van der Waals surface area contributed by atoms with Crippen LogP contribution >= 0.6 is 0 Å². The van der Waals surface area contributed by atoms with Crippen molar-refractivity contribution in [3.63, 3.8) is 0 Å². The van der Waals surface area contributed by atoms with Gasteiger partial charge < -0.3 is 10.2 Å². The molecule has 1 aromatic carbocycles. The number of alkyl halides is 2. The topological polar surface area (TPSA) is 75.5 Å². The Hall–Kier alpha value is -2.25. The largest absolute Gasteiger partial charge is 0.380 e. The van der Waals surface area contributed by atoms with E-state index in [9.17, 15) is 23.7 Å². The number of rotatable bonds is 6. The van der Waals surface area contributed by atoms with E-state index in [1.807, 2.05) is 0 Å². The third-order valence-electron chi connectivity index (χ3n) is 2.57. The van der Waals surface area contributed by atoms with Crippen LogP contribution in [0, 0.1) is 10.1 Å². The summed E-state index contributed by atoms with van der Waals surface area (Å²) in [5.41, 5.74) is 0.0233. The van der Waals surface area contributed by atoms with Gasteiger partial charge in [-0.1, -0.05) is 0 Å². The first kappa shape index (κ1) is 15.8. The molecule has 0 heterocycles. The van der Waals surface area contributed by atoms with Gasteiger partial charge in [0.2, 0.25) is 0 Å². The van der Waals surface area contributed by atoms with Gasteiger partial charge in [-0.3, -0.25) is 14.9 Å². The Bertz CT molecular complexity index is 509. The number of carbonyl (C=O) groups excluding carboxylic acids is 1. The second-order valence-corrected chi connectivity index (χ2v) is 4.10. The lowest BCUT2D eigenvalue weighted by molar-refractivity contribution is -0.384. The quantitative estimate of drug-likeness (QED) is 0.643. The normalized spacial score (nSPS) is 10.4. The molecule has 0 aliphatic heterocycles. The summed E-state index contributed by atoms with van der Waals surface area (Å²) in [6, 6.07) is 3.85. The van der Waals surface area contributed by atoms with Gasteiger partial charge in [0.1, 0.15) is 5.69 Å². The highest BCUT2D eigenvalue weighted by Gasteiger charge is 2.20. The molecule has 110 valence electrons. The van der Waals surface area contributed by atoms with E-state index in [1.165, 1.54) is 19.2 Å². The molecule has 1 N–H and O–H groups in total. The minimum atomic E-state index is -2.65. The van der Waals surface area contributed by atoms with Crippen LogP contribution in [0.5, 0.6) is 0 Å². The van der Waals surface area contributed by atoms with Gasteiger partial charge in [0.25, 0.3) is 18.0 Å². The maximum absolute atomic E-state index is 12.2. The number of halogens is 2. The zero-order valence-corrected chi connectivity index (χ0v) is 11.1. The van der Waals surface area contributed by atoms with Crippen LogP contribution in [0.2, 0.25) is 0 Å². The first-order valence-electron chi connectivity index (χ1n) is 5.92. The SMILES string of the molecule is CCNc1ccc(C(=O)N(C)CC(F)F)cc1[N+](=O)[O-]. The average molecular weight is 287 g/mol. The molecule has 0 saturated heterocycles. The van der Waals surface area contributed by atoms with Crippen LogP contribution in [-0.4, -0.2) is 42.3 Å². The molecule has 8 heteroatoms. The van der Waals surface area contributed by atoms with Gasteiger partial charge in [0, 0.05) is 25.2 Å². The summed E-state index contributed by atoms with van der Waals surface area (Å²) in [5, 5.41) is 13.7. The van der Waals surface area contributed by atoms with Crippen molar-refractivity contribution >= 4 is 17.3 Å². The number of anilines is 1. The summed E-state index contributed by atoms with van der Waals surface area (Å²) in [5.74, 6) is -0.684. The average Bonchev–Trinajstić information content (AvgIpc) is 2.37. The summed E-state index contributed by atoms with van der Waals surface area (Å²) in [6.07, 6.45) is -2.65. The molecule has 0 saturated carbocycles. The number of benzene rings is 1. The number of nitro groups is 1. The van der Waals surface area contributed by atoms with Gasteiger partial charge >= 0.3 is 0 Å². The van der Waals surface area contributed by atoms with E-state index in [2.05, 4.69) is 5.32 Å². The minimum Gasteiger partial charge on any atom is -0.380 e. The Morgan fingerprint density at radius 1 is 1.50 bits per heavy atom. The van der Waals surface area contributed by atoms with E-state index in [1.54, 1.807) is 6.92 Å². The van der Waals surface area contributed by atoms with Gasteiger partial charge in [-0.2, -0.15) is 0 Å². The molecule has 0 aromatic heterocycles. The van der Waals surface area contributed by atoms with Gasteiger partial charge in [-0.05, 0) is 19.1 Å². The zero-order valence-electron chi connectivity index (χ0n) is 11.1. The predicted octanol–water partition coefficient (Wildman–Crippen LogP) is 2.36. The number of amides is 1. The molecule has 0 bridgehead atoms. The molecule has 0 fully saturated rings. The summed E-state index contributed by atoms with van der Waals surface area (Å²) in [7, 11) is 1.22. The van der Waals surface area contributed by atoms with Crippen LogP contribution in [0.3, 0.4) is 0 Å². The summed E-state index contributed by atoms with van der Waals surface area (Å²) in [6.45, 7) is 1.54. The molecule has 0 unspecified atom stereocenters. The number of nitrogens with zero attached hydrogens (tertiary/aromatic N) is 2. The molecule has 1 amide bonds. The van der Waals surface area contributed by atoms with Crippen molar-refractivity contribution in [3.8, 4) is 0 Å². The third-order valence-corrected chi connectivity index (χ3v) is 2.57. The number of hydrogen-bond acceptors (Lipinski definition) is 4.